The third-order valence-electron chi connectivity index (χ3n) is 3.28. The number of nitrogens with one attached hydrogen (secondary N) is 1. The minimum atomic E-state index is 0.331. The lowest BCUT2D eigenvalue weighted by Crippen LogP contribution is -2.21. The monoisotopic (exact) mass is 247 g/mol. The third kappa shape index (κ3) is 3.88. The van der Waals surface area contributed by atoms with E-state index in [1.54, 1.807) is 7.11 Å². The summed E-state index contributed by atoms with van der Waals surface area (Å²) in [6, 6.07) is 6.75. The van der Waals surface area contributed by atoms with Gasteiger partial charge in [0.2, 0.25) is 0 Å². The Morgan fingerprint density at radius 2 is 2.11 bits per heavy atom. The molecule has 0 radical (unpaired) electrons. The molecule has 0 fully saturated rings. The minimum absolute atomic E-state index is 0.331. The molecule has 1 rings (SSSR count). The molecule has 1 aromatic rings. The van der Waals surface area contributed by atoms with Crippen LogP contribution >= 0.6 is 0 Å². The van der Waals surface area contributed by atoms with E-state index in [0.29, 0.717) is 6.04 Å². The summed E-state index contributed by atoms with van der Waals surface area (Å²) in [6.45, 7) is 11.4. The summed E-state index contributed by atoms with van der Waals surface area (Å²) in [4.78, 5) is 0. The van der Waals surface area contributed by atoms with Gasteiger partial charge in [-0.05, 0) is 43.5 Å². The topological polar surface area (TPSA) is 21.3 Å². The molecule has 1 aromatic carbocycles. The van der Waals surface area contributed by atoms with Gasteiger partial charge < -0.3 is 10.1 Å². The Morgan fingerprint density at radius 1 is 1.39 bits per heavy atom. The van der Waals surface area contributed by atoms with Gasteiger partial charge in [0.15, 0.2) is 0 Å². The van der Waals surface area contributed by atoms with E-state index in [4.69, 9.17) is 4.74 Å². The third-order valence-corrected chi connectivity index (χ3v) is 3.28. The van der Waals surface area contributed by atoms with Crippen LogP contribution in [0.1, 0.15) is 43.9 Å². The molecular weight excluding hydrogens is 222 g/mol. The fourth-order valence-corrected chi connectivity index (χ4v) is 2.04. The normalized spacial score (nSPS) is 12.2. The quantitative estimate of drug-likeness (QED) is 0.735. The van der Waals surface area contributed by atoms with Crippen LogP contribution < -0.4 is 10.1 Å². The number of ether oxygens (including phenoxy) is 1. The molecule has 100 valence electrons. The van der Waals surface area contributed by atoms with Gasteiger partial charge in [-0.2, -0.15) is 0 Å². The average molecular weight is 247 g/mol. The highest BCUT2D eigenvalue weighted by atomic mass is 16.5. The summed E-state index contributed by atoms with van der Waals surface area (Å²) in [7, 11) is 1.72. The molecule has 2 nitrogen and oxygen atoms in total. The van der Waals surface area contributed by atoms with E-state index in [9.17, 15) is 0 Å². The second-order valence-corrected chi connectivity index (χ2v) is 4.65. The van der Waals surface area contributed by atoms with Crippen molar-refractivity contribution in [2.75, 3.05) is 13.7 Å². The molecule has 0 saturated carbocycles. The van der Waals surface area contributed by atoms with E-state index in [1.165, 1.54) is 16.7 Å². The second kappa shape index (κ2) is 7.22. The van der Waals surface area contributed by atoms with Crippen molar-refractivity contribution in [3.63, 3.8) is 0 Å². The summed E-state index contributed by atoms with van der Waals surface area (Å²) < 4.78 is 5.40. The van der Waals surface area contributed by atoms with Gasteiger partial charge in [0, 0.05) is 6.04 Å². The fraction of sp³-hybridized carbons (Fsp3) is 0.500. The largest absolute Gasteiger partial charge is 0.496 e. The molecule has 1 atom stereocenters. The van der Waals surface area contributed by atoms with Crippen molar-refractivity contribution in [2.24, 2.45) is 0 Å². The highest BCUT2D eigenvalue weighted by Crippen LogP contribution is 2.27. The number of methoxy groups -OCH3 is 1. The summed E-state index contributed by atoms with van der Waals surface area (Å²) in [5, 5.41) is 3.52. The molecule has 0 heterocycles. The van der Waals surface area contributed by atoms with Crippen molar-refractivity contribution in [1.82, 2.24) is 5.32 Å². The Bertz CT molecular complexity index is 398. The Balaban J connectivity index is 2.94. The lowest BCUT2D eigenvalue weighted by Gasteiger charge is -2.20. The molecule has 2 heteroatoms. The van der Waals surface area contributed by atoms with Crippen LogP contribution in [0, 0.1) is 6.92 Å². The molecule has 0 aliphatic carbocycles. The van der Waals surface area contributed by atoms with Gasteiger partial charge in [-0.15, -0.1) is 0 Å². The van der Waals surface area contributed by atoms with Crippen molar-refractivity contribution in [3.8, 4) is 5.75 Å². The first-order chi connectivity index (χ1) is 8.62. The molecule has 1 unspecified atom stereocenters. The first-order valence-corrected chi connectivity index (χ1v) is 6.66. The van der Waals surface area contributed by atoms with Crippen LogP contribution in [0.4, 0.5) is 0 Å². The summed E-state index contributed by atoms with van der Waals surface area (Å²) >= 11 is 0. The maximum absolute atomic E-state index is 5.40. The van der Waals surface area contributed by atoms with Crippen LogP contribution in [0.15, 0.2) is 30.4 Å². The lowest BCUT2D eigenvalue weighted by molar-refractivity contribution is 0.409. The van der Waals surface area contributed by atoms with Crippen LogP contribution in [-0.2, 0) is 0 Å². The Labute approximate surface area is 111 Å². The number of hydrogen-bond acceptors (Lipinski definition) is 2. The minimum Gasteiger partial charge on any atom is -0.496 e. The molecule has 0 aliphatic heterocycles. The zero-order valence-corrected chi connectivity index (χ0v) is 12.0. The molecular formula is C16H25NO. The van der Waals surface area contributed by atoms with Crippen molar-refractivity contribution in [1.29, 1.82) is 0 Å². The fourth-order valence-electron chi connectivity index (χ4n) is 2.04. The predicted molar refractivity (Wildman–Crippen MR) is 78.2 cm³/mol. The standard InChI is InChI=1S/C16H25NO/c1-6-12(3)10-15(17-7-2)14-9-8-13(4)16(11-14)18-5/h8-9,11,15,17H,3,6-7,10H2,1-2,4-5H3. The van der Waals surface area contributed by atoms with Crippen molar-refractivity contribution < 1.29 is 4.74 Å². The van der Waals surface area contributed by atoms with Crippen LogP contribution in [-0.4, -0.2) is 13.7 Å². The van der Waals surface area contributed by atoms with Gasteiger partial charge in [0.1, 0.15) is 5.75 Å². The maximum Gasteiger partial charge on any atom is 0.122 e. The molecule has 1 N–H and O–H groups in total. The van der Waals surface area contributed by atoms with Gasteiger partial charge in [-0.1, -0.05) is 38.1 Å². The molecule has 0 aromatic heterocycles. The smallest absolute Gasteiger partial charge is 0.122 e. The highest BCUT2D eigenvalue weighted by molar-refractivity contribution is 5.38. The van der Waals surface area contributed by atoms with E-state index in [1.807, 2.05) is 0 Å². The molecule has 0 saturated heterocycles. The molecule has 18 heavy (non-hydrogen) atoms. The van der Waals surface area contributed by atoms with Gasteiger partial charge in [-0.25, -0.2) is 0 Å². The summed E-state index contributed by atoms with van der Waals surface area (Å²) in [5.41, 5.74) is 3.72. The number of aryl methyl sites for hydroxylation is 1. The van der Waals surface area contributed by atoms with Crippen LogP contribution in [0.25, 0.3) is 0 Å². The zero-order valence-electron chi connectivity index (χ0n) is 12.0. The van der Waals surface area contributed by atoms with E-state index < -0.39 is 0 Å². The van der Waals surface area contributed by atoms with Gasteiger partial charge in [0.25, 0.3) is 0 Å². The van der Waals surface area contributed by atoms with Gasteiger partial charge >= 0.3 is 0 Å². The van der Waals surface area contributed by atoms with E-state index in [2.05, 4.69) is 50.9 Å². The molecule has 0 amide bonds. The maximum atomic E-state index is 5.40. The lowest BCUT2D eigenvalue weighted by atomic mass is 9.97. The summed E-state index contributed by atoms with van der Waals surface area (Å²) in [6.07, 6.45) is 2.02. The summed E-state index contributed by atoms with van der Waals surface area (Å²) in [5.74, 6) is 0.956. The van der Waals surface area contributed by atoms with Crippen LogP contribution in [0.5, 0.6) is 5.75 Å². The molecule has 0 aliphatic rings. The first kappa shape index (κ1) is 14.8. The highest BCUT2D eigenvalue weighted by Gasteiger charge is 2.12. The Hall–Kier alpha value is -1.28. The Kier molecular flexibility index (Phi) is 5.93. The average Bonchev–Trinajstić information content (AvgIpc) is 2.38. The SMILES string of the molecule is C=C(CC)CC(NCC)c1ccc(C)c(OC)c1. The number of rotatable bonds is 7. The predicted octanol–water partition coefficient (Wildman–Crippen LogP) is 4.01. The zero-order chi connectivity index (χ0) is 13.5. The number of hydrogen-bond donors (Lipinski definition) is 1. The van der Waals surface area contributed by atoms with E-state index >= 15 is 0 Å². The molecule has 0 spiro atoms. The van der Waals surface area contributed by atoms with Crippen molar-refractivity contribution >= 4 is 0 Å². The first-order valence-electron chi connectivity index (χ1n) is 6.66. The van der Waals surface area contributed by atoms with Crippen molar-refractivity contribution in [3.05, 3.63) is 41.5 Å². The van der Waals surface area contributed by atoms with Crippen LogP contribution in [0.2, 0.25) is 0 Å². The van der Waals surface area contributed by atoms with E-state index in [-0.39, 0.29) is 0 Å². The van der Waals surface area contributed by atoms with Crippen LogP contribution in [0.3, 0.4) is 0 Å². The number of benzene rings is 1. The second-order valence-electron chi connectivity index (χ2n) is 4.65. The van der Waals surface area contributed by atoms with Gasteiger partial charge in [-0.3, -0.25) is 0 Å². The Morgan fingerprint density at radius 3 is 2.67 bits per heavy atom. The van der Waals surface area contributed by atoms with E-state index in [0.717, 1.165) is 25.1 Å². The van der Waals surface area contributed by atoms with Gasteiger partial charge in [0.05, 0.1) is 7.11 Å². The van der Waals surface area contributed by atoms with Crippen molar-refractivity contribution in [2.45, 2.75) is 39.7 Å². The molecule has 0 bridgehead atoms.